The molecule has 0 bridgehead atoms. The van der Waals surface area contributed by atoms with E-state index in [9.17, 15) is 18.8 Å². The maximum absolute atomic E-state index is 15.0. The van der Waals surface area contributed by atoms with E-state index in [-0.39, 0.29) is 36.6 Å². The van der Waals surface area contributed by atoms with Crippen LogP contribution in [0.1, 0.15) is 35.4 Å². The molecule has 5 rings (SSSR count). The summed E-state index contributed by atoms with van der Waals surface area (Å²) in [6.07, 6.45) is 4.02. The Morgan fingerprint density at radius 3 is 2.54 bits per heavy atom. The minimum atomic E-state index is -0.630. The van der Waals surface area contributed by atoms with Gasteiger partial charge in [0.25, 0.3) is 11.8 Å². The minimum Gasteiger partial charge on any atom is -0.370 e. The van der Waals surface area contributed by atoms with Gasteiger partial charge in [-0.15, -0.1) is 11.3 Å². The van der Waals surface area contributed by atoms with Gasteiger partial charge in [-0.25, -0.2) is 4.39 Å². The van der Waals surface area contributed by atoms with Crippen molar-refractivity contribution in [2.24, 2.45) is 0 Å². The molecule has 2 aliphatic carbocycles. The smallest absolute Gasteiger partial charge is 0.261 e. The number of amides is 3. The van der Waals surface area contributed by atoms with Crippen LogP contribution in [0.15, 0.2) is 30.3 Å². The Balaban J connectivity index is 1.30. The van der Waals surface area contributed by atoms with Crippen molar-refractivity contribution in [3.63, 3.8) is 0 Å². The van der Waals surface area contributed by atoms with Crippen molar-refractivity contribution >= 4 is 52.0 Å². The van der Waals surface area contributed by atoms with E-state index in [4.69, 9.17) is 16.3 Å². The van der Waals surface area contributed by atoms with E-state index in [1.54, 1.807) is 18.2 Å². The zero-order valence-corrected chi connectivity index (χ0v) is 20.5. The van der Waals surface area contributed by atoms with Gasteiger partial charge in [0.1, 0.15) is 18.5 Å². The van der Waals surface area contributed by atoms with E-state index in [0.29, 0.717) is 40.1 Å². The van der Waals surface area contributed by atoms with Crippen molar-refractivity contribution in [3.8, 4) is 0 Å². The van der Waals surface area contributed by atoms with Gasteiger partial charge in [-0.2, -0.15) is 0 Å². The molecule has 1 aromatic heterocycles. The number of ether oxygens (including phenoxy) is 1. The lowest BCUT2D eigenvalue weighted by Gasteiger charge is -2.31. The second-order valence-corrected chi connectivity index (χ2v) is 10.7. The average Bonchev–Trinajstić information content (AvgIpc) is 3.78. The molecule has 2 aromatic rings. The summed E-state index contributed by atoms with van der Waals surface area (Å²) in [6, 6.07) is 7.59. The lowest BCUT2D eigenvalue weighted by Crippen LogP contribution is -2.52. The standard InChI is InChI=1S/C24H26ClFN4O4S/c25-21-8-7-20(35-21)24(33)27-12-19(30(14-1-2-14)15-3-4-15)23(32)28-18-6-5-16(11-17(18)26)29-9-10-34-13-22(29)31/h5-8,11,14-15,19H,1-4,9-10,12-13H2,(H,27,33)(H,28,32)/t19-/m0/s1. The molecule has 35 heavy (non-hydrogen) atoms. The maximum Gasteiger partial charge on any atom is 0.261 e. The molecule has 1 saturated heterocycles. The number of nitrogens with zero attached hydrogens (tertiary/aromatic N) is 2. The summed E-state index contributed by atoms with van der Waals surface area (Å²) in [4.78, 5) is 42.2. The van der Waals surface area contributed by atoms with Crippen LogP contribution in [-0.2, 0) is 14.3 Å². The van der Waals surface area contributed by atoms with Gasteiger partial charge in [0.15, 0.2) is 0 Å². The normalized spacial score (nSPS) is 19.1. The van der Waals surface area contributed by atoms with Gasteiger partial charge in [0, 0.05) is 30.9 Å². The summed E-state index contributed by atoms with van der Waals surface area (Å²) in [5.74, 6) is -1.53. The average molecular weight is 521 g/mol. The Kier molecular flexibility index (Phi) is 7.06. The first-order valence-electron chi connectivity index (χ1n) is 11.7. The summed E-state index contributed by atoms with van der Waals surface area (Å²) in [6.45, 7) is 0.798. The Morgan fingerprint density at radius 1 is 1.20 bits per heavy atom. The Labute approximate surface area is 211 Å². The maximum atomic E-state index is 15.0. The molecule has 1 atom stereocenters. The fourth-order valence-corrected chi connectivity index (χ4v) is 5.34. The third kappa shape index (κ3) is 5.66. The van der Waals surface area contributed by atoms with Crippen LogP contribution in [0, 0.1) is 5.82 Å². The Bertz CT molecular complexity index is 1120. The van der Waals surface area contributed by atoms with Crippen LogP contribution in [-0.4, -0.2) is 67.1 Å². The van der Waals surface area contributed by atoms with E-state index in [0.717, 1.165) is 25.7 Å². The molecule has 0 spiro atoms. The van der Waals surface area contributed by atoms with Crippen LogP contribution < -0.4 is 15.5 Å². The first-order chi connectivity index (χ1) is 16.9. The van der Waals surface area contributed by atoms with E-state index in [2.05, 4.69) is 15.5 Å². The van der Waals surface area contributed by atoms with Gasteiger partial charge >= 0.3 is 0 Å². The van der Waals surface area contributed by atoms with Crippen molar-refractivity contribution in [2.45, 2.75) is 43.8 Å². The summed E-state index contributed by atoms with van der Waals surface area (Å²) < 4.78 is 20.6. The molecule has 1 aliphatic heterocycles. The molecule has 0 radical (unpaired) electrons. The monoisotopic (exact) mass is 520 g/mol. The number of carbonyl (C=O) groups excluding carboxylic acids is 3. The van der Waals surface area contributed by atoms with Crippen molar-refractivity contribution in [3.05, 3.63) is 45.4 Å². The number of morpholine rings is 1. The number of halogens is 2. The zero-order valence-electron chi connectivity index (χ0n) is 19.0. The number of thiophene rings is 1. The van der Waals surface area contributed by atoms with Gasteiger partial charge in [-0.05, 0) is 56.0 Å². The van der Waals surface area contributed by atoms with E-state index in [1.165, 1.54) is 28.4 Å². The molecular weight excluding hydrogens is 495 g/mol. The lowest BCUT2D eigenvalue weighted by atomic mass is 10.1. The van der Waals surface area contributed by atoms with Crippen molar-refractivity contribution in [1.29, 1.82) is 0 Å². The van der Waals surface area contributed by atoms with Crippen molar-refractivity contribution < 1.29 is 23.5 Å². The van der Waals surface area contributed by atoms with E-state index in [1.807, 2.05) is 0 Å². The van der Waals surface area contributed by atoms with Crippen LogP contribution in [0.5, 0.6) is 0 Å². The molecule has 8 nitrogen and oxygen atoms in total. The highest BCUT2D eigenvalue weighted by atomic mass is 35.5. The Morgan fingerprint density at radius 2 is 1.94 bits per heavy atom. The molecule has 0 unspecified atom stereocenters. The molecule has 2 heterocycles. The van der Waals surface area contributed by atoms with Crippen LogP contribution in [0.3, 0.4) is 0 Å². The van der Waals surface area contributed by atoms with Crippen LogP contribution in [0.2, 0.25) is 4.34 Å². The summed E-state index contributed by atoms with van der Waals surface area (Å²) in [5.41, 5.74) is 0.456. The lowest BCUT2D eigenvalue weighted by molar-refractivity contribution is -0.125. The predicted octanol–water partition coefficient (Wildman–Crippen LogP) is 3.27. The highest BCUT2D eigenvalue weighted by Gasteiger charge is 2.45. The number of rotatable bonds is 9. The number of anilines is 2. The predicted molar refractivity (Wildman–Crippen MR) is 132 cm³/mol. The van der Waals surface area contributed by atoms with E-state index >= 15 is 0 Å². The second kappa shape index (κ2) is 10.2. The second-order valence-electron chi connectivity index (χ2n) is 8.99. The van der Waals surface area contributed by atoms with Gasteiger partial charge in [0.2, 0.25) is 5.91 Å². The molecule has 3 aliphatic rings. The summed E-state index contributed by atoms with van der Waals surface area (Å²) in [5, 5.41) is 5.57. The third-order valence-electron chi connectivity index (χ3n) is 6.36. The molecular formula is C24H26ClFN4O4S. The van der Waals surface area contributed by atoms with E-state index < -0.39 is 11.9 Å². The van der Waals surface area contributed by atoms with Crippen LogP contribution in [0.4, 0.5) is 15.8 Å². The molecule has 1 aromatic carbocycles. The molecule has 3 amide bonds. The number of hydrogen-bond acceptors (Lipinski definition) is 6. The first-order valence-corrected chi connectivity index (χ1v) is 12.9. The fraction of sp³-hybridized carbons (Fsp3) is 0.458. The van der Waals surface area contributed by atoms with Gasteiger partial charge in [-0.3, -0.25) is 19.3 Å². The third-order valence-corrected chi connectivity index (χ3v) is 7.59. The van der Waals surface area contributed by atoms with Crippen LogP contribution >= 0.6 is 22.9 Å². The zero-order chi connectivity index (χ0) is 24.5. The number of nitrogens with one attached hydrogen (secondary N) is 2. The first kappa shape index (κ1) is 24.2. The molecule has 186 valence electrons. The number of benzene rings is 1. The summed E-state index contributed by atoms with van der Waals surface area (Å²) >= 11 is 7.12. The number of carbonyl (C=O) groups is 3. The van der Waals surface area contributed by atoms with Gasteiger partial charge < -0.3 is 20.3 Å². The topological polar surface area (TPSA) is 91.0 Å². The Hall–Kier alpha value is -2.53. The quantitative estimate of drug-likeness (QED) is 0.529. The highest BCUT2D eigenvalue weighted by Crippen LogP contribution is 2.39. The molecule has 3 fully saturated rings. The molecule has 2 saturated carbocycles. The summed E-state index contributed by atoms with van der Waals surface area (Å²) in [7, 11) is 0. The SMILES string of the molecule is O=C(NC[C@@H](C(=O)Nc1ccc(N2CCOCC2=O)cc1F)N(C1CC1)C1CC1)c1ccc(Cl)s1. The molecule has 11 heteroatoms. The van der Waals surface area contributed by atoms with Crippen molar-refractivity contribution in [1.82, 2.24) is 10.2 Å². The number of hydrogen-bond donors (Lipinski definition) is 2. The van der Waals surface area contributed by atoms with Crippen molar-refractivity contribution in [2.75, 3.05) is 36.5 Å². The van der Waals surface area contributed by atoms with Gasteiger partial charge in [-0.1, -0.05) is 11.6 Å². The van der Waals surface area contributed by atoms with Crippen LogP contribution in [0.25, 0.3) is 0 Å². The minimum absolute atomic E-state index is 0.0346. The fourth-order valence-electron chi connectivity index (χ4n) is 4.38. The van der Waals surface area contributed by atoms with Gasteiger partial charge in [0.05, 0.1) is 21.5 Å². The molecule has 2 N–H and O–H groups in total. The highest BCUT2D eigenvalue weighted by molar-refractivity contribution is 7.18. The largest absolute Gasteiger partial charge is 0.370 e.